The number of carbonyl (C=O) groups excluding carboxylic acids is 1. The van der Waals surface area contributed by atoms with Crippen LogP contribution < -0.4 is 4.80 Å². The normalized spacial score (nSPS) is 11.8. The summed E-state index contributed by atoms with van der Waals surface area (Å²) in [6.45, 7) is 7.36. The minimum atomic E-state index is -0.183. The van der Waals surface area contributed by atoms with Crippen molar-refractivity contribution in [3.05, 3.63) is 75.4 Å². The van der Waals surface area contributed by atoms with Gasteiger partial charge in [-0.2, -0.15) is 4.99 Å². The maximum Gasteiger partial charge on any atom is 0.279 e. The number of thiazole rings is 1. The zero-order valence-electron chi connectivity index (χ0n) is 16.9. The molecule has 3 aromatic rings. The Balaban J connectivity index is 2.01. The molecule has 4 heteroatoms. The molecule has 2 aromatic carbocycles. The first-order chi connectivity index (χ1) is 13.6. The fourth-order valence-electron chi connectivity index (χ4n) is 3.38. The number of hydrogen-bond acceptors (Lipinski definition) is 2. The highest BCUT2D eigenvalue weighted by molar-refractivity contribution is 7.07. The molecule has 0 spiro atoms. The average Bonchev–Trinajstić information content (AvgIpc) is 3.08. The third-order valence-corrected chi connectivity index (χ3v) is 5.77. The van der Waals surface area contributed by atoms with E-state index in [-0.39, 0.29) is 5.91 Å². The van der Waals surface area contributed by atoms with Crippen LogP contribution in [-0.4, -0.2) is 10.5 Å². The zero-order chi connectivity index (χ0) is 19.9. The maximum absolute atomic E-state index is 12.6. The maximum atomic E-state index is 12.6. The van der Waals surface area contributed by atoms with Gasteiger partial charge in [-0.3, -0.25) is 4.79 Å². The van der Waals surface area contributed by atoms with Crippen LogP contribution in [0.15, 0.2) is 58.9 Å². The summed E-state index contributed by atoms with van der Waals surface area (Å²) in [5, 5.41) is 2.13. The van der Waals surface area contributed by atoms with Crippen LogP contribution in [0.1, 0.15) is 54.1 Å². The Kier molecular flexibility index (Phi) is 6.99. The van der Waals surface area contributed by atoms with Crippen LogP contribution in [-0.2, 0) is 6.54 Å². The van der Waals surface area contributed by atoms with Crippen LogP contribution in [0.2, 0.25) is 0 Å². The van der Waals surface area contributed by atoms with Gasteiger partial charge in [0.25, 0.3) is 5.91 Å². The summed E-state index contributed by atoms with van der Waals surface area (Å²) in [6, 6.07) is 15.8. The van der Waals surface area contributed by atoms with Crippen molar-refractivity contribution < 1.29 is 4.79 Å². The van der Waals surface area contributed by atoms with Gasteiger partial charge < -0.3 is 4.57 Å². The van der Waals surface area contributed by atoms with Gasteiger partial charge in [-0.15, -0.1) is 11.3 Å². The van der Waals surface area contributed by atoms with Gasteiger partial charge in [0, 0.05) is 23.1 Å². The Labute approximate surface area is 171 Å². The number of amides is 1. The third-order valence-electron chi connectivity index (χ3n) is 4.91. The van der Waals surface area contributed by atoms with Crippen LogP contribution in [0.3, 0.4) is 0 Å². The van der Waals surface area contributed by atoms with Crippen LogP contribution in [0.25, 0.3) is 11.3 Å². The van der Waals surface area contributed by atoms with Gasteiger partial charge in [-0.25, -0.2) is 0 Å². The lowest BCUT2D eigenvalue weighted by atomic mass is 10.0. The minimum absolute atomic E-state index is 0.183. The van der Waals surface area contributed by atoms with Crippen molar-refractivity contribution in [3.63, 3.8) is 0 Å². The first-order valence-corrected chi connectivity index (χ1v) is 10.9. The van der Waals surface area contributed by atoms with E-state index in [9.17, 15) is 4.79 Å². The van der Waals surface area contributed by atoms with E-state index in [4.69, 9.17) is 0 Å². The summed E-state index contributed by atoms with van der Waals surface area (Å²) in [4.78, 5) is 17.9. The van der Waals surface area contributed by atoms with Gasteiger partial charge >= 0.3 is 0 Å². The molecule has 0 N–H and O–H groups in total. The van der Waals surface area contributed by atoms with Crippen molar-refractivity contribution in [3.8, 4) is 11.3 Å². The van der Waals surface area contributed by atoms with Crippen LogP contribution in [0.4, 0.5) is 0 Å². The average molecular weight is 393 g/mol. The summed E-state index contributed by atoms with van der Waals surface area (Å²) in [5.41, 5.74) is 5.50. The molecule has 1 heterocycles. The summed E-state index contributed by atoms with van der Waals surface area (Å²) >= 11 is 1.55. The molecule has 28 heavy (non-hydrogen) atoms. The molecule has 0 radical (unpaired) electrons. The molecular weight excluding hydrogens is 364 g/mol. The highest BCUT2D eigenvalue weighted by Gasteiger charge is 2.12. The van der Waals surface area contributed by atoms with Gasteiger partial charge in [-0.05, 0) is 38.0 Å². The quantitative estimate of drug-likeness (QED) is 0.444. The molecule has 0 aliphatic carbocycles. The third kappa shape index (κ3) is 4.87. The van der Waals surface area contributed by atoms with Crippen molar-refractivity contribution in [1.29, 1.82) is 0 Å². The van der Waals surface area contributed by atoms with Crippen molar-refractivity contribution in [1.82, 2.24) is 4.57 Å². The van der Waals surface area contributed by atoms with Crippen LogP contribution in [0.5, 0.6) is 0 Å². The number of carbonyl (C=O) groups is 1. The van der Waals surface area contributed by atoms with Gasteiger partial charge in [0.2, 0.25) is 0 Å². The minimum Gasteiger partial charge on any atom is -0.316 e. The molecule has 0 aliphatic heterocycles. The van der Waals surface area contributed by atoms with Crippen molar-refractivity contribution in [2.45, 2.75) is 53.0 Å². The highest BCUT2D eigenvalue weighted by Crippen LogP contribution is 2.25. The summed E-state index contributed by atoms with van der Waals surface area (Å²) in [5.74, 6) is -0.183. The smallest absolute Gasteiger partial charge is 0.279 e. The lowest BCUT2D eigenvalue weighted by Gasteiger charge is -2.12. The lowest BCUT2D eigenvalue weighted by molar-refractivity contribution is 0.0997. The molecule has 0 saturated carbocycles. The molecule has 0 unspecified atom stereocenters. The summed E-state index contributed by atoms with van der Waals surface area (Å²) in [7, 11) is 0. The predicted octanol–water partition coefficient (Wildman–Crippen LogP) is 6.15. The number of rotatable bonds is 7. The molecule has 3 rings (SSSR count). The molecule has 3 nitrogen and oxygen atoms in total. The molecular formula is C24H28N2OS. The molecule has 1 amide bonds. The summed E-state index contributed by atoms with van der Waals surface area (Å²) in [6.07, 6.45) is 4.73. The summed E-state index contributed by atoms with van der Waals surface area (Å²) < 4.78 is 2.22. The molecule has 0 aliphatic rings. The van der Waals surface area contributed by atoms with Gasteiger partial charge in [-0.1, -0.05) is 68.1 Å². The Hall–Kier alpha value is -2.46. The molecule has 1 aromatic heterocycles. The molecule has 0 fully saturated rings. The van der Waals surface area contributed by atoms with Crippen molar-refractivity contribution in [2.24, 2.45) is 4.99 Å². The number of hydrogen-bond donors (Lipinski definition) is 0. The Bertz CT molecular complexity index is 999. The van der Waals surface area contributed by atoms with Crippen molar-refractivity contribution in [2.75, 3.05) is 0 Å². The number of aromatic nitrogens is 1. The second kappa shape index (κ2) is 9.65. The topological polar surface area (TPSA) is 34.4 Å². The van der Waals surface area contributed by atoms with E-state index < -0.39 is 0 Å². The van der Waals surface area contributed by atoms with Gasteiger partial charge in [0.1, 0.15) is 0 Å². The highest BCUT2D eigenvalue weighted by atomic mass is 32.1. The number of nitrogens with zero attached hydrogens (tertiary/aromatic N) is 2. The monoisotopic (exact) mass is 392 g/mol. The molecule has 0 saturated heterocycles. The van der Waals surface area contributed by atoms with E-state index in [1.807, 2.05) is 30.3 Å². The van der Waals surface area contributed by atoms with Crippen LogP contribution >= 0.6 is 11.3 Å². The molecule has 0 bridgehead atoms. The fourth-order valence-corrected chi connectivity index (χ4v) is 4.30. The molecule has 146 valence electrons. The second-order valence-electron chi connectivity index (χ2n) is 7.22. The Morgan fingerprint density at radius 3 is 2.54 bits per heavy atom. The number of aryl methyl sites for hydroxylation is 2. The number of benzene rings is 2. The number of unbranched alkanes of at least 4 members (excludes halogenated alkanes) is 3. The van der Waals surface area contributed by atoms with E-state index in [0.717, 1.165) is 23.5 Å². The Morgan fingerprint density at radius 1 is 1.04 bits per heavy atom. The zero-order valence-corrected chi connectivity index (χ0v) is 17.8. The van der Waals surface area contributed by atoms with E-state index in [1.54, 1.807) is 11.3 Å². The van der Waals surface area contributed by atoms with Gasteiger partial charge in [0.05, 0.1) is 5.69 Å². The standard InChI is InChI=1S/C24H28N2OS/c1-4-5-6-10-15-26-22(21-14-13-18(2)16-19(21)3)17-28-24(26)25-23(27)20-11-8-7-9-12-20/h7-9,11-14,16-17H,4-6,10,15H2,1-3H3/b25-24+. The SMILES string of the molecule is CCCCCCn1c(-c2ccc(C)cc2C)cs/c1=N/C(=O)c1ccccc1. The second-order valence-corrected chi connectivity index (χ2v) is 8.05. The predicted molar refractivity (Wildman–Crippen MR) is 118 cm³/mol. The lowest BCUT2D eigenvalue weighted by Crippen LogP contribution is -2.18. The van der Waals surface area contributed by atoms with E-state index in [1.165, 1.54) is 36.0 Å². The van der Waals surface area contributed by atoms with E-state index in [2.05, 4.69) is 53.9 Å². The molecule has 0 atom stereocenters. The first kappa shape index (κ1) is 20.3. The first-order valence-electron chi connectivity index (χ1n) is 10.00. The van der Waals surface area contributed by atoms with Crippen LogP contribution in [0, 0.1) is 13.8 Å². The fraction of sp³-hybridized carbons (Fsp3) is 0.333. The van der Waals surface area contributed by atoms with E-state index >= 15 is 0 Å². The van der Waals surface area contributed by atoms with Crippen molar-refractivity contribution >= 4 is 17.2 Å². The van der Waals surface area contributed by atoms with E-state index in [0.29, 0.717) is 5.56 Å². The largest absolute Gasteiger partial charge is 0.316 e. The Morgan fingerprint density at radius 2 is 1.82 bits per heavy atom. The van der Waals surface area contributed by atoms with Gasteiger partial charge in [0.15, 0.2) is 4.80 Å².